The van der Waals surface area contributed by atoms with E-state index in [9.17, 15) is 9.90 Å². The third kappa shape index (κ3) is 6.19. The zero-order chi connectivity index (χ0) is 19.3. The van der Waals surface area contributed by atoms with Crippen molar-refractivity contribution >= 4 is 17.7 Å². The van der Waals surface area contributed by atoms with Crippen molar-refractivity contribution in [3.05, 3.63) is 16.4 Å². The molecule has 1 rings (SSSR count). The van der Waals surface area contributed by atoms with Gasteiger partial charge in [0.25, 0.3) is 0 Å². The Hall–Kier alpha value is -1.27. The van der Waals surface area contributed by atoms with Crippen molar-refractivity contribution in [2.45, 2.75) is 65.9 Å². The monoisotopic (exact) mass is 373 g/mol. The maximum Gasteiger partial charge on any atom is 0.407 e. The molecule has 1 unspecified atom stereocenters. The third-order valence-electron chi connectivity index (χ3n) is 4.17. The number of carbonyl (C=O) groups is 1. The van der Waals surface area contributed by atoms with Gasteiger partial charge in [-0.3, -0.25) is 4.68 Å². The molecule has 25 heavy (non-hydrogen) atoms. The van der Waals surface area contributed by atoms with Crippen LogP contribution < -0.4 is 5.32 Å². The molecule has 0 saturated carbocycles. The van der Waals surface area contributed by atoms with Crippen LogP contribution in [0.5, 0.6) is 0 Å². The summed E-state index contributed by atoms with van der Waals surface area (Å²) in [6.45, 7) is 9.78. The number of aryl methyl sites for hydroxylation is 2. The van der Waals surface area contributed by atoms with Crippen molar-refractivity contribution in [3.8, 4) is 0 Å². The Bertz CT molecular complexity index is 581. The lowest BCUT2D eigenvalue weighted by Crippen LogP contribution is -2.43. The van der Waals surface area contributed by atoms with E-state index in [-0.39, 0.29) is 6.61 Å². The summed E-state index contributed by atoms with van der Waals surface area (Å²) in [6, 6.07) is 0. The quantitative estimate of drug-likeness (QED) is 0.731. The Morgan fingerprint density at radius 2 is 2.00 bits per heavy atom. The van der Waals surface area contributed by atoms with Gasteiger partial charge in [-0.15, -0.1) is 0 Å². The van der Waals surface area contributed by atoms with Gasteiger partial charge in [0.05, 0.1) is 23.0 Å². The number of alkyl carbamates (subject to hydrolysis) is 1. The van der Waals surface area contributed by atoms with Gasteiger partial charge in [-0.1, -0.05) is 31.9 Å². The normalized spacial score (nSPS) is 14.2. The van der Waals surface area contributed by atoms with Crippen molar-refractivity contribution < 1.29 is 14.6 Å². The van der Waals surface area contributed by atoms with Gasteiger partial charge >= 0.3 is 6.09 Å². The van der Waals surface area contributed by atoms with Gasteiger partial charge in [-0.2, -0.15) is 5.10 Å². The van der Waals surface area contributed by atoms with E-state index < -0.39 is 17.1 Å². The van der Waals surface area contributed by atoms with Crippen molar-refractivity contribution in [3.63, 3.8) is 0 Å². The van der Waals surface area contributed by atoms with E-state index in [1.807, 2.05) is 34.7 Å². The number of ether oxygens (including phenoxy) is 1. The van der Waals surface area contributed by atoms with Gasteiger partial charge in [-0.05, 0) is 33.6 Å². The third-order valence-corrected chi connectivity index (χ3v) is 4.60. The van der Waals surface area contributed by atoms with E-state index in [0.29, 0.717) is 18.0 Å². The van der Waals surface area contributed by atoms with Crippen LogP contribution in [-0.2, 0) is 24.6 Å². The molecule has 0 fully saturated rings. The lowest BCUT2D eigenvalue weighted by Gasteiger charge is -2.32. The molecular formula is C18H32ClN3O3. The van der Waals surface area contributed by atoms with Crippen LogP contribution in [0.2, 0.25) is 5.02 Å². The first kappa shape index (κ1) is 21.8. The molecule has 7 heteroatoms. The van der Waals surface area contributed by atoms with Crippen LogP contribution in [-0.4, -0.2) is 39.7 Å². The Balaban J connectivity index is 2.96. The van der Waals surface area contributed by atoms with Crippen molar-refractivity contribution in [1.82, 2.24) is 15.1 Å². The van der Waals surface area contributed by atoms with Crippen molar-refractivity contribution in [2.24, 2.45) is 12.5 Å². The first-order valence-corrected chi connectivity index (χ1v) is 9.23. The Labute approximate surface area is 155 Å². The fourth-order valence-electron chi connectivity index (χ4n) is 2.90. The molecule has 2 N–H and O–H groups in total. The minimum Gasteiger partial charge on any atom is -0.444 e. The van der Waals surface area contributed by atoms with Crippen LogP contribution in [0.3, 0.4) is 0 Å². The molecule has 0 saturated heterocycles. The fraction of sp³-hybridized carbons (Fsp3) is 0.778. The summed E-state index contributed by atoms with van der Waals surface area (Å²) in [4.78, 5) is 12.0. The smallest absolute Gasteiger partial charge is 0.407 e. The highest BCUT2D eigenvalue weighted by atomic mass is 35.5. The molecule has 1 atom stereocenters. The summed E-state index contributed by atoms with van der Waals surface area (Å²) in [5.41, 5.74) is 0.668. The number of halogens is 1. The number of nitrogens with one attached hydrogen (secondary N) is 1. The molecule has 0 aliphatic carbocycles. The highest BCUT2D eigenvalue weighted by Crippen LogP contribution is 2.32. The van der Waals surface area contributed by atoms with Crippen LogP contribution in [0, 0.1) is 5.41 Å². The van der Waals surface area contributed by atoms with Gasteiger partial charge in [0.2, 0.25) is 0 Å². The second kappa shape index (κ2) is 8.90. The summed E-state index contributed by atoms with van der Waals surface area (Å²) < 4.78 is 7.07. The Kier molecular flexibility index (Phi) is 7.75. The van der Waals surface area contributed by atoms with Gasteiger partial charge in [0.1, 0.15) is 5.60 Å². The highest BCUT2D eigenvalue weighted by Gasteiger charge is 2.33. The van der Waals surface area contributed by atoms with Crippen molar-refractivity contribution in [2.75, 3.05) is 13.2 Å². The van der Waals surface area contributed by atoms with Crippen molar-refractivity contribution in [1.29, 1.82) is 0 Å². The highest BCUT2D eigenvalue weighted by molar-refractivity contribution is 6.31. The molecule has 0 aromatic carbocycles. The van der Waals surface area contributed by atoms with Crippen LogP contribution in [0.15, 0.2) is 0 Å². The number of hydrogen-bond acceptors (Lipinski definition) is 4. The lowest BCUT2D eigenvalue weighted by atomic mass is 9.79. The van der Waals surface area contributed by atoms with Gasteiger partial charge < -0.3 is 15.2 Å². The summed E-state index contributed by atoms with van der Waals surface area (Å²) in [6.07, 6.45) is 2.44. The van der Waals surface area contributed by atoms with E-state index >= 15 is 0 Å². The minimum atomic E-state index is -0.557. The number of carbonyl (C=O) groups excluding carboxylic acids is 1. The standard InChI is InChI=1S/C18H32ClN3O3/c1-7-9-18(12-23,11-20-16(24)25-17(3,4)5)10-14-15(19)13(8-2)21-22(14)6/h23H,7-12H2,1-6H3,(H,20,24). The SMILES string of the molecule is CCCC(CO)(CNC(=O)OC(C)(C)C)Cc1c(Cl)c(CC)nn1C. The second-order valence-corrected chi connectivity index (χ2v) is 8.00. The van der Waals surface area contributed by atoms with Gasteiger partial charge in [0, 0.05) is 25.4 Å². The summed E-state index contributed by atoms with van der Waals surface area (Å²) in [5, 5.41) is 18.0. The molecule has 0 aliphatic heterocycles. The number of aliphatic hydroxyl groups is 1. The predicted octanol–water partition coefficient (Wildman–Crippen LogP) is 3.48. The Morgan fingerprint density at radius 3 is 2.44 bits per heavy atom. The zero-order valence-electron chi connectivity index (χ0n) is 16.3. The van der Waals surface area contributed by atoms with E-state index in [1.165, 1.54) is 0 Å². The molecule has 1 aromatic rings. The van der Waals surface area contributed by atoms with Crippen LogP contribution in [0.25, 0.3) is 0 Å². The van der Waals surface area contributed by atoms with Gasteiger partial charge in [0.15, 0.2) is 0 Å². The molecule has 1 heterocycles. The molecule has 0 bridgehead atoms. The molecule has 1 amide bonds. The minimum absolute atomic E-state index is 0.0559. The maximum atomic E-state index is 12.0. The first-order chi connectivity index (χ1) is 11.6. The predicted molar refractivity (Wildman–Crippen MR) is 100.0 cm³/mol. The summed E-state index contributed by atoms with van der Waals surface area (Å²) >= 11 is 6.47. The number of aliphatic hydroxyl groups excluding tert-OH is 1. The molecule has 0 radical (unpaired) electrons. The average Bonchev–Trinajstić information content (AvgIpc) is 2.78. The number of rotatable bonds is 8. The largest absolute Gasteiger partial charge is 0.444 e. The van der Waals surface area contributed by atoms with E-state index in [0.717, 1.165) is 30.7 Å². The summed E-state index contributed by atoms with van der Waals surface area (Å²) in [5.74, 6) is 0. The zero-order valence-corrected chi connectivity index (χ0v) is 17.0. The van der Waals surface area contributed by atoms with Crippen LogP contribution >= 0.6 is 11.6 Å². The Morgan fingerprint density at radius 1 is 1.36 bits per heavy atom. The molecular weight excluding hydrogens is 342 g/mol. The molecule has 0 aliphatic rings. The second-order valence-electron chi connectivity index (χ2n) is 7.62. The maximum absolute atomic E-state index is 12.0. The number of aromatic nitrogens is 2. The lowest BCUT2D eigenvalue weighted by molar-refractivity contribution is 0.0453. The molecule has 6 nitrogen and oxygen atoms in total. The topological polar surface area (TPSA) is 76.4 Å². The first-order valence-electron chi connectivity index (χ1n) is 8.85. The van der Waals surface area contributed by atoms with Crippen LogP contribution in [0.1, 0.15) is 58.8 Å². The number of hydrogen-bond donors (Lipinski definition) is 2. The van der Waals surface area contributed by atoms with Gasteiger partial charge in [-0.25, -0.2) is 4.79 Å². The summed E-state index contributed by atoms with van der Waals surface area (Å²) in [7, 11) is 1.86. The van der Waals surface area contributed by atoms with E-state index in [2.05, 4.69) is 17.3 Å². The van der Waals surface area contributed by atoms with Crippen LogP contribution in [0.4, 0.5) is 4.79 Å². The van der Waals surface area contributed by atoms with E-state index in [4.69, 9.17) is 16.3 Å². The number of nitrogens with zero attached hydrogens (tertiary/aromatic N) is 2. The molecule has 0 spiro atoms. The number of amides is 1. The molecule has 144 valence electrons. The fourth-order valence-corrected chi connectivity index (χ4v) is 3.26. The van der Waals surface area contributed by atoms with E-state index in [1.54, 1.807) is 4.68 Å². The average molecular weight is 374 g/mol. The molecule has 1 aromatic heterocycles.